The second-order valence-electron chi connectivity index (χ2n) is 5.25. The summed E-state index contributed by atoms with van der Waals surface area (Å²) in [6, 6.07) is 5.55. The number of halogens is 3. The third-order valence-corrected chi connectivity index (χ3v) is 3.56. The van der Waals surface area contributed by atoms with Crippen LogP contribution in [0.25, 0.3) is 0 Å². The minimum absolute atomic E-state index is 0.0185. The van der Waals surface area contributed by atoms with E-state index < -0.39 is 24.2 Å². The minimum Gasteiger partial charge on any atom is -0.497 e. The number of hydrazone groups is 1. The average molecular weight is 330 g/mol. The molecule has 8 heteroatoms. The van der Waals surface area contributed by atoms with E-state index in [1.807, 2.05) is 0 Å². The molecule has 1 aromatic rings. The number of carbonyl (C=O) groups excluding carboxylic acids is 1. The molecule has 0 aromatic heterocycles. The molecule has 1 atom stereocenters. The Morgan fingerprint density at radius 1 is 1.39 bits per heavy atom. The number of hydrogen-bond acceptors (Lipinski definition) is 4. The lowest BCUT2D eigenvalue weighted by Gasteiger charge is -2.32. The summed E-state index contributed by atoms with van der Waals surface area (Å²) in [6.07, 6.45) is -4.89. The molecule has 1 aliphatic heterocycles. The van der Waals surface area contributed by atoms with Crippen molar-refractivity contribution in [2.75, 3.05) is 7.11 Å². The number of carbonyl (C=O) groups is 1. The number of alkyl halides is 3. The third kappa shape index (κ3) is 3.17. The Hall–Kier alpha value is -2.09. The Morgan fingerprint density at radius 2 is 2.00 bits per heavy atom. The molecule has 0 aliphatic carbocycles. The molecule has 0 spiro atoms. The van der Waals surface area contributed by atoms with Crippen LogP contribution in [0.15, 0.2) is 29.4 Å². The molecule has 1 unspecified atom stereocenters. The van der Waals surface area contributed by atoms with Crippen molar-refractivity contribution in [1.82, 2.24) is 5.01 Å². The maximum atomic E-state index is 13.3. The van der Waals surface area contributed by atoms with Crippen molar-refractivity contribution in [3.63, 3.8) is 0 Å². The highest BCUT2D eigenvalue weighted by Gasteiger charge is 2.63. The molecule has 126 valence electrons. The molecule has 1 heterocycles. The van der Waals surface area contributed by atoms with E-state index in [1.54, 1.807) is 6.92 Å². The van der Waals surface area contributed by atoms with Crippen molar-refractivity contribution in [2.24, 2.45) is 5.10 Å². The normalized spacial score (nSPS) is 21.3. The van der Waals surface area contributed by atoms with E-state index in [9.17, 15) is 23.1 Å². The van der Waals surface area contributed by atoms with Crippen molar-refractivity contribution in [3.8, 4) is 5.75 Å². The summed E-state index contributed by atoms with van der Waals surface area (Å²) < 4.78 is 44.7. The second-order valence-corrected chi connectivity index (χ2v) is 5.25. The van der Waals surface area contributed by atoms with E-state index in [-0.39, 0.29) is 22.7 Å². The van der Waals surface area contributed by atoms with Gasteiger partial charge in [0.15, 0.2) is 0 Å². The van der Waals surface area contributed by atoms with Gasteiger partial charge in [-0.3, -0.25) is 4.79 Å². The zero-order valence-electron chi connectivity index (χ0n) is 12.7. The molecular weight excluding hydrogens is 313 g/mol. The van der Waals surface area contributed by atoms with E-state index in [2.05, 4.69) is 5.10 Å². The van der Waals surface area contributed by atoms with Crippen molar-refractivity contribution in [2.45, 2.75) is 38.1 Å². The van der Waals surface area contributed by atoms with Gasteiger partial charge < -0.3 is 9.84 Å². The Labute approximate surface area is 131 Å². The first-order valence-electron chi connectivity index (χ1n) is 7.07. The monoisotopic (exact) mass is 330 g/mol. The molecule has 1 aromatic carbocycles. The van der Waals surface area contributed by atoms with Crippen LogP contribution in [0.5, 0.6) is 5.75 Å². The van der Waals surface area contributed by atoms with Crippen LogP contribution >= 0.6 is 0 Å². The van der Waals surface area contributed by atoms with Gasteiger partial charge in [-0.05, 0) is 30.7 Å². The van der Waals surface area contributed by atoms with Crippen LogP contribution in [0.3, 0.4) is 0 Å². The first-order valence-corrected chi connectivity index (χ1v) is 7.07. The minimum atomic E-state index is -5.01. The maximum absolute atomic E-state index is 13.3. The van der Waals surface area contributed by atoms with Gasteiger partial charge in [-0.25, -0.2) is 0 Å². The number of ether oxygens (including phenoxy) is 1. The van der Waals surface area contributed by atoms with Gasteiger partial charge in [0.1, 0.15) is 5.75 Å². The molecule has 0 radical (unpaired) electrons. The lowest BCUT2D eigenvalue weighted by Crippen LogP contribution is -2.56. The second kappa shape index (κ2) is 6.19. The molecule has 23 heavy (non-hydrogen) atoms. The van der Waals surface area contributed by atoms with Crippen molar-refractivity contribution in [3.05, 3.63) is 29.8 Å². The lowest BCUT2D eigenvalue weighted by atomic mass is 10.0. The number of amides is 1. The zero-order chi connectivity index (χ0) is 17.3. The van der Waals surface area contributed by atoms with E-state index in [0.717, 1.165) is 0 Å². The highest BCUT2D eigenvalue weighted by Crippen LogP contribution is 2.41. The predicted molar refractivity (Wildman–Crippen MR) is 77.1 cm³/mol. The van der Waals surface area contributed by atoms with Gasteiger partial charge in [0.25, 0.3) is 11.6 Å². The van der Waals surface area contributed by atoms with Crippen LogP contribution in [0, 0.1) is 0 Å². The number of nitrogens with zero attached hydrogens (tertiary/aromatic N) is 2. The summed E-state index contributed by atoms with van der Waals surface area (Å²) in [6.45, 7) is 1.78. The molecule has 0 bridgehead atoms. The van der Waals surface area contributed by atoms with Crippen LogP contribution in [-0.2, 0) is 0 Å². The number of hydrogen-bond donors (Lipinski definition) is 1. The predicted octanol–water partition coefficient (Wildman–Crippen LogP) is 2.95. The van der Waals surface area contributed by atoms with E-state index in [1.165, 1.54) is 31.4 Å². The van der Waals surface area contributed by atoms with Gasteiger partial charge in [-0.15, -0.1) is 0 Å². The molecule has 0 saturated heterocycles. The van der Waals surface area contributed by atoms with E-state index in [4.69, 9.17) is 4.74 Å². The third-order valence-electron chi connectivity index (χ3n) is 3.56. The Morgan fingerprint density at radius 3 is 2.48 bits per heavy atom. The van der Waals surface area contributed by atoms with Crippen LogP contribution in [0.2, 0.25) is 0 Å². The van der Waals surface area contributed by atoms with E-state index in [0.29, 0.717) is 12.2 Å². The summed E-state index contributed by atoms with van der Waals surface area (Å²) >= 11 is 0. The van der Waals surface area contributed by atoms with Crippen molar-refractivity contribution >= 4 is 11.6 Å². The Kier molecular flexibility index (Phi) is 4.65. The largest absolute Gasteiger partial charge is 0.497 e. The molecular formula is C15H17F3N2O3. The van der Waals surface area contributed by atoms with Crippen LogP contribution < -0.4 is 4.74 Å². The van der Waals surface area contributed by atoms with Crippen LogP contribution in [0.4, 0.5) is 13.2 Å². The number of rotatable bonds is 4. The molecule has 1 aliphatic rings. The Balaban J connectivity index is 2.36. The zero-order valence-corrected chi connectivity index (χ0v) is 12.7. The van der Waals surface area contributed by atoms with Gasteiger partial charge in [-0.2, -0.15) is 23.3 Å². The number of benzene rings is 1. The molecule has 1 N–H and O–H groups in total. The lowest BCUT2D eigenvalue weighted by molar-refractivity contribution is -0.297. The summed E-state index contributed by atoms with van der Waals surface area (Å²) in [7, 11) is 1.43. The molecule has 0 saturated carbocycles. The average Bonchev–Trinajstić information content (AvgIpc) is 2.85. The van der Waals surface area contributed by atoms with Gasteiger partial charge in [0.05, 0.1) is 7.11 Å². The quantitative estimate of drug-likeness (QED) is 0.923. The van der Waals surface area contributed by atoms with Crippen molar-refractivity contribution < 1.29 is 27.8 Å². The maximum Gasteiger partial charge on any atom is 0.438 e. The highest BCUT2D eigenvalue weighted by molar-refractivity contribution is 5.98. The van der Waals surface area contributed by atoms with Gasteiger partial charge in [0, 0.05) is 17.7 Å². The van der Waals surface area contributed by atoms with Crippen molar-refractivity contribution in [1.29, 1.82) is 0 Å². The SMILES string of the molecule is CCCC1=NN(C(=O)c2ccc(OC)cc2)C(O)(C(F)(F)F)C1. The highest BCUT2D eigenvalue weighted by atomic mass is 19.4. The molecule has 2 rings (SSSR count). The smallest absolute Gasteiger partial charge is 0.438 e. The first-order chi connectivity index (χ1) is 10.7. The first kappa shape index (κ1) is 17.3. The topological polar surface area (TPSA) is 62.1 Å². The summed E-state index contributed by atoms with van der Waals surface area (Å²) in [4.78, 5) is 12.4. The summed E-state index contributed by atoms with van der Waals surface area (Å²) in [5.41, 5.74) is -3.18. The molecule has 1 amide bonds. The summed E-state index contributed by atoms with van der Waals surface area (Å²) in [5.74, 6) is -0.553. The standard InChI is InChI=1S/C15H17F3N2O3/c1-3-4-11-9-14(22,15(16,17)18)20(19-11)13(21)10-5-7-12(23-2)8-6-10/h5-8,22H,3-4,9H2,1-2H3. The van der Waals surface area contributed by atoms with Crippen LogP contribution in [-0.4, -0.2) is 40.7 Å². The number of methoxy groups -OCH3 is 1. The molecule has 5 nitrogen and oxygen atoms in total. The summed E-state index contributed by atoms with van der Waals surface area (Å²) in [5, 5.41) is 13.9. The van der Waals surface area contributed by atoms with Crippen LogP contribution in [0.1, 0.15) is 36.5 Å². The van der Waals surface area contributed by atoms with Gasteiger partial charge in [-0.1, -0.05) is 13.3 Å². The van der Waals surface area contributed by atoms with E-state index >= 15 is 0 Å². The fourth-order valence-corrected chi connectivity index (χ4v) is 2.34. The number of aliphatic hydroxyl groups is 1. The van der Waals surface area contributed by atoms with Gasteiger partial charge >= 0.3 is 6.18 Å². The van der Waals surface area contributed by atoms with Gasteiger partial charge in [0.2, 0.25) is 0 Å². The Bertz CT molecular complexity index is 613. The molecule has 0 fully saturated rings. The fourth-order valence-electron chi connectivity index (χ4n) is 2.34. The fraction of sp³-hybridized carbons (Fsp3) is 0.467.